The summed E-state index contributed by atoms with van der Waals surface area (Å²) >= 11 is -0.639. The van der Waals surface area contributed by atoms with E-state index < -0.39 is 18.2 Å². The zero-order valence-corrected chi connectivity index (χ0v) is 5.61. The van der Waals surface area contributed by atoms with Crippen LogP contribution in [0.4, 0.5) is 0 Å². The molecule has 0 aromatic carbocycles. The first-order valence-electron chi connectivity index (χ1n) is 0.535. The Morgan fingerprint density at radius 3 is 1.20 bits per heavy atom. The van der Waals surface area contributed by atoms with E-state index >= 15 is 0 Å². The zero-order chi connectivity index (χ0) is 2.71. The van der Waals surface area contributed by atoms with E-state index in [0.29, 0.717) is 0 Å². The molecule has 0 saturated heterocycles. The van der Waals surface area contributed by atoms with Crippen LogP contribution in [0.25, 0.3) is 0 Å². The molecule has 0 aliphatic rings. The van der Waals surface area contributed by atoms with Gasteiger partial charge in [-0.3, -0.25) is 0 Å². The van der Waals surface area contributed by atoms with Crippen LogP contribution in [-0.4, -0.2) is 47.7 Å². The van der Waals surface area contributed by atoms with Crippen molar-refractivity contribution in [1.82, 2.24) is 0 Å². The van der Waals surface area contributed by atoms with Gasteiger partial charge in [0.2, 0.25) is 0 Å². The summed E-state index contributed by atoms with van der Waals surface area (Å²) in [7, 11) is 9.81. The molecule has 0 radical (unpaired) electrons. The minimum absolute atomic E-state index is 0. The Bertz CT molecular complexity index is 6.85. The Morgan fingerprint density at radius 2 is 1.20 bits per heavy atom. The van der Waals surface area contributed by atoms with Gasteiger partial charge in [0.05, 0.1) is 0 Å². The number of hydrogen-bond acceptors (Lipinski definition) is 0. The Labute approximate surface area is 77.0 Å². The fraction of sp³-hybridized carbons (Fsp3) is 0. The van der Waals surface area contributed by atoms with Gasteiger partial charge in [-0.2, -0.15) is 0 Å². The molecule has 0 heterocycles. The summed E-state index contributed by atoms with van der Waals surface area (Å²) < 4.78 is 0. The van der Waals surface area contributed by atoms with Crippen LogP contribution >= 0.6 is 30.6 Å². The van der Waals surface area contributed by atoms with E-state index in [0.717, 1.165) is 0 Å². The van der Waals surface area contributed by atoms with Gasteiger partial charge in [-0.15, -0.1) is 12.4 Å². The van der Waals surface area contributed by atoms with Crippen molar-refractivity contribution in [2.75, 3.05) is 0 Å². The predicted octanol–water partition coefficient (Wildman–Crippen LogP) is 0.771. The van der Waals surface area contributed by atoms with Crippen molar-refractivity contribution in [2.45, 2.75) is 0 Å². The topological polar surface area (TPSA) is 0 Å². The first-order chi connectivity index (χ1) is 1.41. The van der Waals surface area contributed by atoms with Gasteiger partial charge in [0.25, 0.3) is 0 Å². The number of halogens is 3. The van der Waals surface area contributed by atoms with E-state index in [1.807, 2.05) is 0 Å². The summed E-state index contributed by atoms with van der Waals surface area (Å²) in [6, 6.07) is 0. The molecule has 0 spiro atoms. The third-order valence-electron chi connectivity index (χ3n) is 0. The summed E-state index contributed by atoms with van der Waals surface area (Å²) in [6.07, 6.45) is 0. The molecule has 0 nitrogen and oxygen atoms in total. The fourth-order valence-corrected chi connectivity index (χ4v) is 0. The molecule has 5 heavy (non-hydrogen) atoms. The van der Waals surface area contributed by atoms with E-state index in [1.165, 1.54) is 0 Å². The van der Waals surface area contributed by atoms with Crippen molar-refractivity contribution in [3.8, 4) is 0 Å². The van der Waals surface area contributed by atoms with Crippen LogP contribution in [0, 0.1) is 0 Å². The molecule has 0 aliphatic carbocycles. The van der Waals surface area contributed by atoms with Crippen LogP contribution in [-0.2, 0) is 0 Å². The van der Waals surface area contributed by atoms with Crippen molar-refractivity contribution < 1.29 is 0 Å². The van der Waals surface area contributed by atoms with E-state index in [9.17, 15) is 0 Å². The van der Waals surface area contributed by atoms with Crippen LogP contribution in [0.15, 0.2) is 0 Å². The zero-order valence-electron chi connectivity index (χ0n) is 1.87. The second kappa shape index (κ2) is 15.9. The predicted molar refractivity (Wildman–Crippen MR) is 31.9 cm³/mol. The normalized spacial score (nSPS) is 2.00. The molecule has 0 unspecified atom stereocenters. The molecular formula is H2Cl3MgNa. The molecule has 0 fully saturated rings. The molecule has 0 N–H and O–H groups in total. The van der Waals surface area contributed by atoms with Gasteiger partial charge < -0.3 is 18.1 Å². The standard InChI is InChI=1S/3ClH.Mg.Na.H/h3*1H;;;/q;;;+2;;/p-2. The van der Waals surface area contributed by atoms with Crippen molar-refractivity contribution in [2.24, 2.45) is 0 Å². The maximum absolute atomic E-state index is 4.90. The third kappa shape index (κ3) is 20.5. The molecule has 0 rings (SSSR count). The van der Waals surface area contributed by atoms with Crippen molar-refractivity contribution in [1.29, 1.82) is 0 Å². The second-order valence-electron chi connectivity index (χ2n) is 0.101. The van der Waals surface area contributed by atoms with Crippen molar-refractivity contribution in [3.05, 3.63) is 0 Å². The van der Waals surface area contributed by atoms with Gasteiger partial charge in [0.1, 0.15) is 0 Å². The number of rotatable bonds is 0. The molecule has 0 atom stereocenters. The van der Waals surface area contributed by atoms with Crippen molar-refractivity contribution in [3.63, 3.8) is 0 Å². The molecule has 5 heteroatoms. The molecule has 0 aliphatic heterocycles. The third-order valence-corrected chi connectivity index (χ3v) is 0. The van der Waals surface area contributed by atoms with Gasteiger partial charge in [0.15, 0.2) is 0 Å². The maximum atomic E-state index is 4.90. The van der Waals surface area contributed by atoms with E-state index in [-0.39, 0.29) is 42.0 Å². The first kappa shape index (κ1) is 15.6. The summed E-state index contributed by atoms with van der Waals surface area (Å²) in [4.78, 5) is 0. The first-order valence-corrected chi connectivity index (χ1v) is 4.81. The SMILES string of the molecule is Cl.[Cl][Mg][Cl].[NaH]. The number of hydrogen-bond donors (Lipinski definition) is 0. The average Bonchev–Trinajstić information content (AvgIpc) is 0.918. The molecule has 0 aromatic heterocycles. The molecule has 0 bridgehead atoms. The molecule has 0 saturated carbocycles. The van der Waals surface area contributed by atoms with E-state index in [2.05, 4.69) is 0 Å². The van der Waals surface area contributed by atoms with Crippen LogP contribution in [0.5, 0.6) is 0 Å². The van der Waals surface area contributed by atoms with Crippen LogP contribution in [0.2, 0.25) is 0 Å². The summed E-state index contributed by atoms with van der Waals surface area (Å²) in [6.45, 7) is 0. The summed E-state index contributed by atoms with van der Waals surface area (Å²) in [5, 5.41) is 0. The van der Waals surface area contributed by atoms with Gasteiger partial charge >= 0.3 is 47.7 Å². The molecule has 26 valence electrons. The summed E-state index contributed by atoms with van der Waals surface area (Å²) in [5.74, 6) is 0. The average molecular weight is 156 g/mol. The van der Waals surface area contributed by atoms with E-state index in [4.69, 9.17) is 18.1 Å². The minimum atomic E-state index is -0.639. The molecule has 0 amide bonds. The van der Waals surface area contributed by atoms with Crippen LogP contribution < -0.4 is 0 Å². The van der Waals surface area contributed by atoms with Gasteiger partial charge in [-0.1, -0.05) is 0 Å². The fourth-order valence-electron chi connectivity index (χ4n) is 0. The Balaban J connectivity index is -0.0000000200. The molecule has 0 aromatic rings. The molecular weight excluding hydrogens is 154 g/mol. The Hall–Kier alpha value is 2.64. The van der Waals surface area contributed by atoms with Gasteiger partial charge in [0, 0.05) is 0 Å². The quantitative estimate of drug-likeness (QED) is 0.454. The second-order valence-corrected chi connectivity index (χ2v) is 2.73. The van der Waals surface area contributed by atoms with Crippen molar-refractivity contribution >= 4 is 78.3 Å². The summed E-state index contributed by atoms with van der Waals surface area (Å²) in [5.41, 5.74) is 0. The van der Waals surface area contributed by atoms with Gasteiger partial charge in [-0.05, 0) is 0 Å². The Kier molecular flexibility index (Phi) is 49.9. The van der Waals surface area contributed by atoms with Crippen LogP contribution in [0.1, 0.15) is 0 Å². The monoisotopic (exact) mass is 154 g/mol. The van der Waals surface area contributed by atoms with Gasteiger partial charge in [-0.25, -0.2) is 0 Å². The van der Waals surface area contributed by atoms with Crippen LogP contribution in [0.3, 0.4) is 0 Å². The Morgan fingerprint density at radius 1 is 1.20 bits per heavy atom. The van der Waals surface area contributed by atoms with E-state index in [1.54, 1.807) is 0 Å².